The largest absolute Gasteiger partial charge is 0.506 e. The zero-order chi connectivity index (χ0) is 14.7. The molecule has 2 rings (SSSR count). The fraction of sp³-hybridized carbons (Fsp3) is 0. The van der Waals surface area contributed by atoms with E-state index in [9.17, 15) is 9.90 Å². The van der Waals surface area contributed by atoms with Gasteiger partial charge in [0, 0.05) is 5.56 Å². The summed E-state index contributed by atoms with van der Waals surface area (Å²) in [5, 5.41) is 20.7. The molecule has 1 amide bonds. The second kappa shape index (κ2) is 5.51. The molecule has 2 aromatic rings. The second-order valence-corrected chi connectivity index (χ2v) is 4.44. The molecule has 20 heavy (non-hydrogen) atoms. The van der Waals surface area contributed by atoms with E-state index in [1.165, 1.54) is 24.3 Å². The van der Waals surface area contributed by atoms with Gasteiger partial charge >= 0.3 is 0 Å². The zero-order valence-electron chi connectivity index (χ0n) is 10.2. The Kier molecular flexibility index (Phi) is 3.78. The third kappa shape index (κ3) is 2.82. The van der Waals surface area contributed by atoms with Crippen LogP contribution in [0, 0.1) is 11.3 Å². The average Bonchev–Trinajstić information content (AvgIpc) is 2.43. The molecule has 0 fully saturated rings. The Morgan fingerprint density at radius 2 is 2.05 bits per heavy atom. The molecular formula is C14H10ClN3O2. The Morgan fingerprint density at radius 3 is 2.65 bits per heavy atom. The predicted octanol–water partition coefficient (Wildman–Crippen LogP) is 2.75. The van der Waals surface area contributed by atoms with Crippen molar-refractivity contribution < 1.29 is 9.90 Å². The zero-order valence-corrected chi connectivity index (χ0v) is 11.0. The summed E-state index contributed by atoms with van der Waals surface area (Å²) < 4.78 is 0. The van der Waals surface area contributed by atoms with E-state index in [1.54, 1.807) is 12.1 Å². The molecule has 0 aromatic heterocycles. The minimum absolute atomic E-state index is 0.0884. The molecule has 0 unspecified atom stereocenters. The van der Waals surface area contributed by atoms with Gasteiger partial charge in [-0.2, -0.15) is 5.26 Å². The number of nitrogens with two attached hydrogens (primary N) is 1. The summed E-state index contributed by atoms with van der Waals surface area (Å²) in [6, 6.07) is 10.7. The number of hydrogen-bond donors (Lipinski definition) is 3. The molecule has 6 heteroatoms. The van der Waals surface area contributed by atoms with Crippen molar-refractivity contribution in [1.29, 1.82) is 5.26 Å². The summed E-state index contributed by atoms with van der Waals surface area (Å²) in [5.41, 5.74) is 7.14. The molecular weight excluding hydrogens is 278 g/mol. The van der Waals surface area contributed by atoms with Gasteiger partial charge in [0.1, 0.15) is 5.75 Å². The minimum atomic E-state index is -0.414. The van der Waals surface area contributed by atoms with Crippen LogP contribution in [-0.2, 0) is 0 Å². The van der Waals surface area contributed by atoms with Gasteiger partial charge in [0.25, 0.3) is 5.91 Å². The molecule has 0 aliphatic carbocycles. The van der Waals surface area contributed by atoms with Gasteiger partial charge in [-0.1, -0.05) is 11.6 Å². The first-order chi connectivity index (χ1) is 9.51. The van der Waals surface area contributed by atoms with Crippen LogP contribution < -0.4 is 11.1 Å². The summed E-state index contributed by atoms with van der Waals surface area (Å²) in [4.78, 5) is 12.0. The summed E-state index contributed by atoms with van der Waals surface area (Å²) in [6.45, 7) is 0. The number of nitrogen functional groups attached to an aromatic ring is 1. The van der Waals surface area contributed by atoms with Crippen molar-refractivity contribution in [1.82, 2.24) is 0 Å². The number of phenolic OH excluding ortho intramolecular Hbond substituents is 1. The second-order valence-electron chi connectivity index (χ2n) is 4.03. The normalized spacial score (nSPS) is 9.80. The molecule has 2 aromatic carbocycles. The van der Waals surface area contributed by atoms with E-state index in [-0.39, 0.29) is 16.3 Å². The Hall–Kier alpha value is -2.71. The first-order valence-corrected chi connectivity index (χ1v) is 5.98. The van der Waals surface area contributed by atoms with Crippen molar-refractivity contribution in [2.24, 2.45) is 0 Å². The van der Waals surface area contributed by atoms with Crippen LogP contribution in [0.25, 0.3) is 0 Å². The maximum atomic E-state index is 12.0. The maximum absolute atomic E-state index is 12.0. The first kappa shape index (κ1) is 13.7. The lowest BCUT2D eigenvalue weighted by Crippen LogP contribution is -2.13. The smallest absolute Gasteiger partial charge is 0.255 e. The van der Waals surface area contributed by atoms with Crippen molar-refractivity contribution in [3.05, 3.63) is 52.5 Å². The van der Waals surface area contributed by atoms with Crippen LogP contribution in [0.4, 0.5) is 11.4 Å². The maximum Gasteiger partial charge on any atom is 0.255 e. The Bertz CT molecular complexity index is 723. The number of benzene rings is 2. The number of nitrogens with zero attached hydrogens (tertiary/aromatic N) is 1. The molecule has 0 saturated heterocycles. The lowest BCUT2D eigenvalue weighted by atomic mass is 10.1. The predicted molar refractivity (Wildman–Crippen MR) is 76.6 cm³/mol. The minimum Gasteiger partial charge on any atom is -0.506 e. The fourth-order valence-corrected chi connectivity index (χ4v) is 1.77. The quantitative estimate of drug-likeness (QED) is 0.739. The molecule has 100 valence electrons. The highest BCUT2D eigenvalue weighted by Gasteiger charge is 2.10. The van der Waals surface area contributed by atoms with Crippen molar-refractivity contribution in [2.45, 2.75) is 0 Å². The van der Waals surface area contributed by atoms with Crippen LogP contribution in [0.2, 0.25) is 5.02 Å². The van der Waals surface area contributed by atoms with E-state index in [2.05, 4.69) is 5.32 Å². The van der Waals surface area contributed by atoms with Gasteiger partial charge in [0.15, 0.2) is 0 Å². The number of hydrogen-bond acceptors (Lipinski definition) is 4. The number of anilines is 2. The molecule has 0 aliphatic heterocycles. The monoisotopic (exact) mass is 287 g/mol. The number of aromatic hydroxyl groups is 1. The highest BCUT2D eigenvalue weighted by Crippen LogP contribution is 2.25. The number of nitriles is 1. The number of amides is 1. The number of halogens is 1. The topological polar surface area (TPSA) is 99.1 Å². The Labute approximate surface area is 120 Å². The van der Waals surface area contributed by atoms with E-state index < -0.39 is 5.91 Å². The lowest BCUT2D eigenvalue weighted by Gasteiger charge is -2.09. The first-order valence-electron chi connectivity index (χ1n) is 5.61. The van der Waals surface area contributed by atoms with Crippen LogP contribution in [0.3, 0.4) is 0 Å². The molecule has 0 heterocycles. The van der Waals surface area contributed by atoms with Crippen LogP contribution in [-0.4, -0.2) is 11.0 Å². The van der Waals surface area contributed by atoms with E-state index in [0.29, 0.717) is 16.9 Å². The van der Waals surface area contributed by atoms with Gasteiger partial charge in [0.2, 0.25) is 0 Å². The van der Waals surface area contributed by atoms with Gasteiger partial charge in [-0.25, -0.2) is 0 Å². The molecule has 0 bridgehead atoms. The third-order valence-electron chi connectivity index (χ3n) is 2.64. The van der Waals surface area contributed by atoms with Gasteiger partial charge in [-0.05, 0) is 36.4 Å². The van der Waals surface area contributed by atoms with Gasteiger partial charge in [-0.15, -0.1) is 0 Å². The van der Waals surface area contributed by atoms with Crippen molar-refractivity contribution in [3.8, 4) is 11.8 Å². The lowest BCUT2D eigenvalue weighted by molar-refractivity contribution is 0.102. The van der Waals surface area contributed by atoms with Crippen molar-refractivity contribution >= 4 is 28.9 Å². The van der Waals surface area contributed by atoms with Crippen LogP contribution in [0.5, 0.6) is 5.75 Å². The number of nitrogens with one attached hydrogen (secondary N) is 1. The number of rotatable bonds is 2. The Balaban J connectivity index is 2.23. The fourth-order valence-electron chi connectivity index (χ4n) is 1.59. The number of carbonyl (C=O) groups is 1. The SMILES string of the molecule is N#Cc1ccc(NC(=O)c2ccc(O)c(Cl)c2)c(N)c1. The van der Waals surface area contributed by atoms with E-state index in [4.69, 9.17) is 22.6 Å². The molecule has 0 saturated carbocycles. The third-order valence-corrected chi connectivity index (χ3v) is 2.94. The highest BCUT2D eigenvalue weighted by molar-refractivity contribution is 6.32. The van der Waals surface area contributed by atoms with E-state index >= 15 is 0 Å². The van der Waals surface area contributed by atoms with Crippen molar-refractivity contribution in [3.63, 3.8) is 0 Å². The van der Waals surface area contributed by atoms with E-state index in [0.717, 1.165) is 0 Å². The summed E-state index contributed by atoms with van der Waals surface area (Å²) in [7, 11) is 0. The summed E-state index contributed by atoms with van der Waals surface area (Å²) in [6.07, 6.45) is 0. The Morgan fingerprint density at radius 1 is 1.30 bits per heavy atom. The molecule has 5 nitrogen and oxygen atoms in total. The van der Waals surface area contributed by atoms with Gasteiger partial charge < -0.3 is 16.2 Å². The summed E-state index contributed by atoms with van der Waals surface area (Å²) >= 11 is 5.74. The van der Waals surface area contributed by atoms with Gasteiger partial charge in [-0.3, -0.25) is 4.79 Å². The molecule has 0 atom stereocenters. The number of phenols is 1. The average molecular weight is 288 g/mol. The van der Waals surface area contributed by atoms with Crippen LogP contribution >= 0.6 is 11.6 Å². The van der Waals surface area contributed by atoms with Crippen LogP contribution in [0.15, 0.2) is 36.4 Å². The standard InChI is InChI=1S/C14H10ClN3O2/c15-10-6-9(2-4-13(10)19)14(20)18-12-3-1-8(7-16)5-11(12)17/h1-6,19H,17H2,(H,18,20). The van der Waals surface area contributed by atoms with Crippen molar-refractivity contribution in [2.75, 3.05) is 11.1 Å². The van der Waals surface area contributed by atoms with Crippen LogP contribution in [0.1, 0.15) is 15.9 Å². The number of carbonyl (C=O) groups excluding carboxylic acids is 1. The molecule has 0 aliphatic rings. The van der Waals surface area contributed by atoms with Gasteiger partial charge in [0.05, 0.1) is 28.0 Å². The molecule has 0 radical (unpaired) electrons. The highest BCUT2D eigenvalue weighted by atomic mass is 35.5. The summed E-state index contributed by atoms with van der Waals surface area (Å²) in [5.74, 6) is -0.510. The molecule has 4 N–H and O–H groups in total. The van der Waals surface area contributed by atoms with E-state index in [1.807, 2.05) is 6.07 Å². The molecule has 0 spiro atoms.